The molecule has 4 heteroatoms. The minimum Gasteiger partial charge on any atom is -0.495 e. The van der Waals surface area contributed by atoms with Gasteiger partial charge in [0.1, 0.15) is 5.75 Å². The van der Waals surface area contributed by atoms with E-state index in [1.54, 1.807) is 7.11 Å². The Morgan fingerprint density at radius 2 is 2.00 bits per heavy atom. The SMILES string of the molecule is COc1cc(NCc2cc(C)n(C)c2C)ccc1Br. The fourth-order valence-electron chi connectivity index (χ4n) is 2.08. The number of anilines is 1. The number of hydrogen-bond acceptors (Lipinski definition) is 2. The molecule has 1 aromatic heterocycles. The van der Waals surface area contributed by atoms with Gasteiger partial charge >= 0.3 is 0 Å². The molecule has 1 N–H and O–H groups in total. The van der Waals surface area contributed by atoms with Crippen LogP contribution in [0.1, 0.15) is 17.0 Å². The van der Waals surface area contributed by atoms with Crippen molar-refractivity contribution in [2.75, 3.05) is 12.4 Å². The molecule has 3 nitrogen and oxygen atoms in total. The smallest absolute Gasteiger partial charge is 0.135 e. The van der Waals surface area contributed by atoms with Crippen LogP contribution in [0.25, 0.3) is 0 Å². The Morgan fingerprint density at radius 1 is 1.26 bits per heavy atom. The average molecular weight is 323 g/mol. The molecule has 0 bridgehead atoms. The molecule has 0 saturated carbocycles. The summed E-state index contributed by atoms with van der Waals surface area (Å²) in [6.45, 7) is 5.09. The maximum Gasteiger partial charge on any atom is 0.135 e. The van der Waals surface area contributed by atoms with E-state index in [4.69, 9.17) is 4.74 Å². The van der Waals surface area contributed by atoms with Crippen molar-refractivity contribution in [1.82, 2.24) is 4.57 Å². The van der Waals surface area contributed by atoms with Crippen LogP contribution >= 0.6 is 15.9 Å². The lowest BCUT2D eigenvalue weighted by atomic mass is 10.2. The van der Waals surface area contributed by atoms with Crippen molar-refractivity contribution >= 4 is 21.6 Å². The van der Waals surface area contributed by atoms with E-state index in [9.17, 15) is 0 Å². The van der Waals surface area contributed by atoms with Crippen LogP contribution in [0, 0.1) is 13.8 Å². The Hall–Kier alpha value is -1.42. The van der Waals surface area contributed by atoms with Gasteiger partial charge < -0.3 is 14.6 Å². The number of nitrogens with zero attached hydrogens (tertiary/aromatic N) is 1. The van der Waals surface area contributed by atoms with E-state index in [1.807, 2.05) is 18.2 Å². The number of nitrogens with one attached hydrogen (secondary N) is 1. The first kappa shape index (κ1) is 14.0. The van der Waals surface area contributed by atoms with Crippen molar-refractivity contribution in [1.29, 1.82) is 0 Å². The van der Waals surface area contributed by atoms with Crippen molar-refractivity contribution < 1.29 is 4.74 Å². The summed E-state index contributed by atoms with van der Waals surface area (Å²) in [5.41, 5.74) is 4.96. The standard InChI is InChI=1S/C15H19BrN2O/c1-10-7-12(11(2)18(10)3)9-17-13-5-6-14(16)15(8-13)19-4/h5-8,17H,9H2,1-4H3. The van der Waals surface area contributed by atoms with Gasteiger partial charge in [-0.3, -0.25) is 0 Å². The molecule has 0 amide bonds. The lowest BCUT2D eigenvalue weighted by Crippen LogP contribution is -2.01. The third-order valence-corrected chi connectivity index (χ3v) is 4.17. The minimum absolute atomic E-state index is 0.818. The number of methoxy groups -OCH3 is 1. The van der Waals surface area contributed by atoms with Gasteiger partial charge in [-0.25, -0.2) is 0 Å². The molecule has 1 heterocycles. The predicted octanol–water partition coefficient (Wildman–Crippen LogP) is 4.03. The first-order valence-corrected chi connectivity index (χ1v) is 7.01. The van der Waals surface area contributed by atoms with E-state index in [1.165, 1.54) is 17.0 Å². The van der Waals surface area contributed by atoms with Crippen molar-refractivity contribution in [2.45, 2.75) is 20.4 Å². The molecule has 0 aliphatic rings. The zero-order chi connectivity index (χ0) is 14.0. The number of hydrogen-bond donors (Lipinski definition) is 1. The van der Waals surface area contributed by atoms with Gasteiger partial charge in [-0.2, -0.15) is 0 Å². The Morgan fingerprint density at radius 3 is 2.58 bits per heavy atom. The quantitative estimate of drug-likeness (QED) is 0.919. The van der Waals surface area contributed by atoms with Gasteiger partial charge in [0.2, 0.25) is 0 Å². The summed E-state index contributed by atoms with van der Waals surface area (Å²) in [6, 6.07) is 8.25. The van der Waals surface area contributed by atoms with Crippen molar-refractivity contribution in [3.63, 3.8) is 0 Å². The van der Waals surface area contributed by atoms with Gasteiger partial charge in [0.25, 0.3) is 0 Å². The highest BCUT2D eigenvalue weighted by molar-refractivity contribution is 9.10. The molecule has 0 spiro atoms. The average Bonchev–Trinajstić information content (AvgIpc) is 2.65. The third-order valence-electron chi connectivity index (χ3n) is 3.51. The molecule has 0 aliphatic heterocycles. The second-order valence-corrected chi connectivity index (χ2v) is 5.51. The second kappa shape index (κ2) is 5.70. The summed E-state index contributed by atoms with van der Waals surface area (Å²) in [4.78, 5) is 0. The molecule has 0 fully saturated rings. The molecular weight excluding hydrogens is 304 g/mol. The molecule has 102 valence electrons. The van der Waals surface area contributed by atoms with Gasteiger partial charge in [0, 0.05) is 36.7 Å². The monoisotopic (exact) mass is 322 g/mol. The molecule has 0 atom stereocenters. The predicted molar refractivity (Wildman–Crippen MR) is 82.9 cm³/mol. The van der Waals surface area contributed by atoms with Crippen LogP contribution in [0.2, 0.25) is 0 Å². The van der Waals surface area contributed by atoms with E-state index in [0.717, 1.165) is 22.5 Å². The van der Waals surface area contributed by atoms with Crippen LogP contribution in [-0.2, 0) is 13.6 Å². The number of aryl methyl sites for hydroxylation is 1. The summed E-state index contributed by atoms with van der Waals surface area (Å²) >= 11 is 3.45. The molecule has 2 aromatic rings. The second-order valence-electron chi connectivity index (χ2n) is 4.66. The van der Waals surface area contributed by atoms with Crippen LogP contribution in [-0.4, -0.2) is 11.7 Å². The fourth-order valence-corrected chi connectivity index (χ4v) is 2.49. The Bertz CT molecular complexity index is 590. The van der Waals surface area contributed by atoms with Crippen LogP contribution in [0.3, 0.4) is 0 Å². The number of rotatable bonds is 4. The number of aromatic nitrogens is 1. The summed E-state index contributed by atoms with van der Waals surface area (Å²) in [6.07, 6.45) is 0. The van der Waals surface area contributed by atoms with Gasteiger partial charge in [0.15, 0.2) is 0 Å². The molecule has 0 saturated heterocycles. The van der Waals surface area contributed by atoms with Crippen molar-refractivity contribution in [3.8, 4) is 5.75 Å². The molecule has 2 rings (SSSR count). The zero-order valence-corrected chi connectivity index (χ0v) is 13.3. The van der Waals surface area contributed by atoms with Crippen LogP contribution < -0.4 is 10.1 Å². The van der Waals surface area contributed by atoms with Crippen LogP contribution in [0.4, 0.5) is 5.69 Å². The van der Waals surface area contributed by atoms with Gasteiger partial charge in [0.05, 0.1) is 11.6 Å². The lowest BCUT2D eigenvalue weighted by molar-refractivity contribution is 0.412. The van der Waals surface area contributed by atoms with E-state index in [-0.39, 0.29) is 0 Å². The molecule has 1 aromatic carbocycles. The van der Waals surface area contributed by atoms with E-state index in [2.05, 4.69) is 52.8 Å². The molecule has 0 aliphatic carbocycles. The maximum absolute atomic E-state index is 5.29. The highest BCUT2D eigenvalue weighted by atomic mass is 79.9. The van der Waals surface area contributed by atoms with Gasteiger partial charge in [-0.05, 0) is 53.5 Å². The van der Waals surface area contributed by atoms with E-state index >= 15 is 0 Å². The molecule has 0 radical (unpaired) electrons. The van der Waals surface area contributed by atoms with Gasteiger partial charge in [-0.15, -0.1) is 0 Å². The van der Waals surface area contributed by atoms with E-state index < -0.39 is 0 Å². The number of ether oxygens (including phenoxy) is 1. The Kier molecular flexibility index (Phi) is 4.20. The van der Waals surface area contributed by atoms with Gasteiger partial charge in [-0.1, -0.05) is 0 Å². The normalized spacial score (nSPS) is 10.6. The summed E-state index contributed by atoms with van der Waals surface area (Å²) in [5, 5.41) is 3.43. The summed E-state index contributed by atoms with van der Waals surface area (Å²) < 4.78 is 8.47. The van der Waals surface area contributed by atoms with Crippen LogP contribution in [0.15, 0.2) is 28.7 Å². The first-order valence-electron chi connectivity index (χ1n) is 6.22. The largest absolute Gasteiger partial charge is 0.495 e. The number of benzene rings is 1. The Labute approximate surface area is 122 Å². The van der Waals surface area contributed by atoms with Crippen LogP contribution in [0.5, 0.6) is 5.75 Å². The highest BCUT2D eigenvalue weighted by Crippen LogP contribution is 2.28. The maximum atomic E-state index is 5.29. The van der Waals surface area contributed by atoms with Crippen molar-refractivity contribution in [3.05, 3.63) is 45.7 Å². The highest BCUT2D eigenvalue weighted by Gasteiger charge is 2.06. The Balaban J connectivity index is 2.12. The minimum atomic E-state index is 0.818. The lowest BCUT2D eigenvalue weighted by Gasteiger charge is -2.09. The van der Waals surface area contributed by atoms with Crippen molar-refractivity contribution in [2.24, 2.45) is 7.05 Å². The molecule has 0 unspecified atom stereocenters. The molecule has 19 heavy (non-hydrogen) atoms. The summed E-state index contributed by atoms with van der Waals surface area (Å²) in [5.74, 6) is 0.839. The third kappa shape index (κ3) is 2.95. The zero-order valence-electron chi connectivity index (χ0n) is 11.7. The van der Waals surface area contributed by atoms with E-state index in [0.29, 0.717) is 0 Å². The first-order chi connectivity index (χ1) is 9.02. The molecular formula is C15H19BrN2O. The number of halogens is 1. The fraction of sp³-hybridized carbons (Fsp3) is 0.333. The topological polar surface area (TPSA) is 26.2 Å². The summed E-state index contributed by atoms with van der Waals surface area (Å²) in [7, 11) is 3.77.